The largest absolute Gasteiger partial charge is 0.483 e. The van der Waals surface area contributed by atoms with E-state index in [2.05, 4.69) is 24.4 Å². The molecule has 0 saturated carbocycles. The van der Waals surface area contributed by atoms with Crippen LogP contribution in [-0.4, -0.2) is 18.7 Å². The summed E-state index contributed by atoms with van der Waals surface area (Å²) in [5.41, 5.74) is 5.14. The van der Waals surface area contributed by atoms with Crippen LogP contribution in [0.1, 0.15) is 36.7 Å². The Labute approximate surface area is 195 Å². The predicted molar refractivity (Wildman–Crippen MR) is 126 cm³/mol. The maximum absolute atomic E-state index is 12.1. The molecule has 0 aliphatic carbocycles. The number of benzene rings is 2. The number of rotatable bonds is 7. The van der Waals surface area contributed by atoms with Crippen molar-refractivity contribution in [3.8, 4) is 17.1 Å². The van der Waals surface area contributed by atoms with Crippen molar-refractivity contribution in [2.75, 3.05) is 6.61 Å². The molecule has 0 radical (unpaired) electrons. The van der Waals surface area contributed by atoms with Gasteiger partial charge in [-0.05, 0) is 54.3 Å². The number of halogens is 3. The van der Waals surface area contributed by atoms with Crippen molar-refractivity contribution in [1.29, 1.82) is 0 Å². The molecule has 5 nitrogen and oxygen atoms in total. The SMILES string of the molecule is Cc1ccc(C(C)C)c(OCC(=O)NN=Cc2ccc(-c3cc(Cl)c(Cl)cc3Cl)o2)c1. The second-order valence-corrected chi connectivity index (χ2v) is 8.45. The van der Waals surface area contributed by atoms with Crippen molar-refractivity contribution < 1.29 is 13.9 Å². The van der Waals surface area contributed by atoms with E-state index < -0.39 is 0 Å². The molecule has 1 aromatic heterocycles. The minimum absolute atomic E-state index is 0.150. The van der Waals surface area contributed by atoms with E-state index in [0.717, 1.165) is 11.1 Å². The minimum Gasteiger partial charge on any atom is -0.483 e. The lowest BCUT2D eigenvalue weighted by Gasteiger charge is -2.14. The Bertz CT molecular complexity index is 1120. The predicted octanol–water partition coefficient (Wildman–Crippen LogP) is 6.87. The quantitative estimate of drug-likeness (QED) is 0.228. The van der Waals surface area contributed by atoms with Gasteiger partial charge in [-0.25, -0.2) is 5.43 Å². The number of amides is 1. The molecule has 1 heterocycles. The normalized spacial score (nSPS) is 11.3. The molecule has 0 aliphatic rings. The Hall–Kier alpha value is -2.47. The van der Waals surface area contributed by atoms with Gasteiger partial charge in [0.25, 0.3) is 5.91 Å². The fourth-order valence-corrected chi connectivity index (χ4v) is 3.51. The Morgan fingerprint density at radius 3 is 2.58 bits per heavy atom. The van der Waals surface area contributed by atoms with E-state index in [1.165, 1.54) is 6.21 Å². The lowest BCUT2D eigenvalue weighted by atomic mass is 10.0. The van der Waals surface area contributed by atoms with Crippen molar-refractivity contribution in [1.82, 2.24) is 5.43 Å². The molecule has 8 heteroatoms. The molecule has 0 aliphatic heterocycles. The van der Waals surface area contributed by atoms with Gasteiger partial charge in [-0.3, -0.25) is 4.79 Å². The number of hydrogen-bond donors (Lipinski definition) is 1. The summed E-state index contributed by atoms with van der Waals surface area (Å²) in [6, 6.07) is 12.6. The van der Waals surface area contributed by atoms with Crippen LogP contribution in [0.15, 0.2) is 52.0 Å². The van der Waals surface area contributed by atoms with Crippen molar-refractivity contribution in [2.24, 2.45) is 5.10 Å². The first-order valence-corrected chi connectivity index (χ1v) is 10.7. The van der Waals surface area contributed by atoms with Crippen molar-refractivity contribution in [2.45, 2.75) is 26.7 Å². The zero-order valence-corrected chi connectivity index (χ0v) is 19.5. The van der Waals surface area contributed by atoms with Gasteiger partial charge in [0.15, 0.2) is 6.61 Å². The number of nitrogens with zero attached hydrogens (tertiary/aromatic N) is 1. The summed E-state index contributed by atoms with van der Waals surface area (Å²) in [5.74, 6) is 1.53. The van der Waals surface area contributed by atoms with Crippen LogP contribution in [0.4, 0.5) is 0 Å². The molecule has 31 heavy (non-hydrogen) atoms. The summed E-state index contributed by atoms with van der Waals surface area (Å²) in [4.78, 5) is 12.1. The van der Waals surface area contributed by atoms with Crippen LogP contribution in [0, 0.1) is 6.92 Å². The smallest absolute Gasteiger partial charge is 0.277 e. The Balaban J connectivity index is 1.59. The van der Waals surface area contributed by atoms with Gasteiger partial charge in [0, 0.05) is 5.56 Å². The van der Waals surface area contributed by atoms with E-state index in [1.807, 2.05) is 25.1 Å². The zero-order chi connectivity index (χ0) is 22.5. The highest BCUT2D eigenvalue weighted by molar-refractivity contribution is 6.44. The van der Waals surface area contributed by atoms with Gasteiger partial charge in [-0.2, -0.15) is 5.10 Å². The Morgan fingerprint density at radius 2 is 1.84 bits per heavy atom. The number of ether oxygens (including phenoxy) is 1. The van der Waals surface area contributed by atoms with Crippen LogP contribution in [0.5, 0.6) is 5.75 Å². The van der Waals surface area contributed by atoms with Crippen molar-refractivity contribution in [3.63, 3.8) is 0 Å². The molecule has 0 saturated heterocycles. The monoisotopic (exact) mass is 478 g/mol. The van der Waals surface area contributed by atoms with E-state index in [0.29, 0.717) is 37.9 Å². The first kappa shape index (κ1) is 23.2. The first-order chi connectivity index (χ1) is 14.7. The number of hydrogen-bond acceptors (Lipinski definition) is 4. The number of aryl methyl sites for hydroxylation is 1. The molecular formula is C23H21Cl3N2O3. The molecular weight excluding hydrogens is 459 g/mol. The first-order valence-electron chi connectivity index (χ1n) is 9.54. The van der Waals surface area contributed by atoms with Crippen LogP contribution in [0.25, 0.3) is 11.3 Å². The van der Waals surface area contributed by atoms with Gasteiger partial charge in [0.1, 0.15) is 17.3 Å². The molecule has 0 atom stereocenters. The van der Waals surface area contributed by atoms with Gasteiger partial charge in [-0.15, -0.1) is 0 Å². The molecule has 162 valence electrons. The van der Waals surface area contributed by atoms with Gasteiger partial charge >= 0.3 is 0 Å². The number of furan rings is 1. The highest BCUT2D eigenvalue weighted by Gasteiger charge is 2.12. The van der Waals surface area contributed by atoms with Gasteiger partial charge in [0.05, 0.1) is 21.3 Å². The highest BCUT2D eigenvalue weighted by Crippen LogP contribution is 2.35. The topological polar surface area (TPSA) is 63.8 Å². The summed E-state index contributed by atoms with van der Waals surface area (Å²) in [6.07, 6.45) is 1.39. The van der Waals surface area contributed by atoms with Crippen LogP contribution >= 0.6 is 34.8 Å². The average Bonchev–Trinajstić information content (AvgIpc) is 3.17. The third-order valence-corrected chi connectivity index (χ3v) is 5.47. The van der Waals surface area contributed by atoms with Crippen LogP contribution in [0.2, 0.25) is 15.1 Å². The van der Waals surface area contributed by atoms with E-state index in [1.54, 1.807) is 24.3 Å². The maximum Gasteiger partial charge on any atom is 0.277 e. The van der Waals surface area contributed by atoms with E-state index in [-0.39, 0.29) is 18.4 Å². The summed E-state index contributed by atoms with van der Waals surface area (Å²) >= 11 is 18.2. The van der Waals surface area contributed by atoms with Crippen LogP contribution in [0.3, 0.4) is 0 Å². The summed E-state index contributed by atoms with van der Waals surface area (Å²) in [7, 11) is 0. The van der Waals surface area contributed by atoms with E-state index in [4.69, 9.17) is 44.0 Å². The second kappa shape index (κ2) is 10.2. The molecule has 0 spiro atoms. The fourth-order valence-electron chi connectivity index (χ4n) is 2.87. The minimum atomic E-state index is -0.383. The van der Waals surface area contributed by atoms with Crippen LogP contribution in [-0.2, 0) is 4.79 Å². The lowest BCUT2D eigenvalue weighted by Crippen LogP contribution is -2.24. The standard InChI is InChI=1S/C23H21Cl3N2O3/c1-13(2)16-6-4-14(3)8-22(16)30-12-23(29)28-27-11-15-5-7-21(31-15)17-9-19(25)20(26)10-18(17)24/h4-11,13H,12H2,1-3H3,(H,28,29). The summed E-state index contributed by atoms with van der Waals surface area (Å²) < 4.78 is 11.4. The molecule has 1 N–H and O–H groups in total. The molecule has 0 bridgehead atoms. The van der Waals surface area contributed by atoms with Crippen molar-refractivity contribution in [3.05, 3.63) is 74.4 Å². The van der Waals surface area contributed by atoms with E-state index in [9.17, 15) is 4.79 Å². The van der Waals surface area contributed by atoms with Gasteiger partial charge in [-0.1, -0.05) is 60.8 Å². The molecule has 0 unspecified atom stereocenters. The molecule has 2 aromatic carbocycles. The Morgan fingerprint density at radius 1 is 1.10 bits per heavy atom. The number of carbonyl (C=O) groups excluding carboxylic acids is 1. The third kappa shape index (κ3) is 6.03. The Kier molecular flexibility index (Phi) is 7.65. The van der Waals surface area contributed by atoms with Crippen LogP contribution < -0.4 is 10.2 Å². The number of carbonyl (C=O) groups is 1. The molecule has 3 rings (SSSR count). The van der Waals surface area contributed by atoms with E-state index >= 15 is 0 Å². The molecule has 3 aromatic rings. The lowest BCUT2D eigenvalue weighted by molar-refractivity contribution is -0.123. The fraction of sp³-hybridized carbons (Fsp3) is 0.217. The summed E-state index contributed by atoms with van der Waals surface area (Å²) in [6.45, 7) is 5.97. The average molecular weight is 480 g/mol. The van der Waals surface area contributed by atoms with Gasteiger partial charge in [0.2, 0.25) is 0 Å². The zero-order valence-electron chi connectivity index (χ0n) is 17.2. The highest BCUT2D eigenvalue weighted by atomic mass is 35.5. The molecule has 1 amide bonds. The second-order valence-electron chi connectivity index (χ2n) is 7.23. The number of hydrazone groups is 1. The summed E-state index contributed by atoms with van der Waals surface area (Å²) in [5, 5.41) is 5.05. The van der Waals surface area contributed by atoms with Crippen molar-refractivity contribution >= 4 is 46.9 Å². The number of nitrogens with one attached hydrogen (secondary N) is 1. The van der Waals surface area contributed by atoms with Gasteiger partial charge < -0.3 is 9.15 Å². The molecule has 0 fully saturated rings. The maximum atomic E-state index is 12.1. The third-order valence-electron chi connectivity index (χ3n) is 4.43.